The summed E-state index contributed by atoms with van der Waals surface area (Å²) in [5.41, 5.74) is 10.5. The van der Waals surface area contributed by atoms with Crippen LogP contribution >= 0.6 is 0 Å². The molecule has 0 fully saturated rings. The van der Waals surface area contributed by atoms with E-state index in [0.717, 1.165) is 115 Å². The van der Waals surface area contributed by atoms with Gasteiger partial charge in [-0.3, -0.25) is 89.7 Å². The molecule has 22 heteroatoms. The highest BCUT2D eigenvalue weighted by Gasteiger charge is 1.97. The number of para-hydroxylation sites is 3. The highest BCUT2D eigenvalue weighted by molar-refractivity contribution is 5.83. The predicted octanol–water partition coefficient (Wildman–Crippen LogP) is 29.2. The maximum Gasteiger partial charge on any atom is 0.159 e. The Balaban J connectivity index is 0.000000710. The SMILES string of the molecule is CC.CC.CC.CC.CC.CC.CC.CC.CC.CC.CC.c1cc2ccncc2cn1.c1cc2cnccc2cn1.c1ccc2nccnc2c1.c1ccc2ncncc2c1.c1cnc2cccnc2c1.c1cnc2ccncc2c1.c1cnc2ccncc2c1.c1cnc2ccncc2c1.c1cnc2cnccc2c1.c1cnc2cnccc2c1.c1cnc2ncccc2c1. The first kappa shape index (κ1) is 114. The van der Waals surface area contributed by atoms with Crippen LogP contribution in [0, 0.1) is 0 Å². The molecule has 22 aromatic rings. The quantitative estimate of drug-likeness (QED) is 0.136. The fourth-order valence-corrected chi connectivity index (χ4v) is 10.1. The minimum Gasteiger partial charge on any atom is -0.264 e. The van der Waals surface area contributed by atoms with Gasteiger partial charge in [0, 0.05) is 227 Å². The Morgan fingerprint density at radius 1 is 0.114 bits per heavy atom. The van der Waals surface area contributed by atoms with E-state index < -0.39 is 0 Å². The topological polar surface area (TPSA) is 284 Å². The minimum atomic E-state index is 0.810. The zero-order chi connectivity index (χ0) is 96.9. The second-order valence-corrected chi connectivity index (χ2v) is 22.8. The van der Waals surface area contributed by atoms with Crippen molar-refractivity contribution in [3.63, 3.8) is 0 Å². The molecule has 0 saturated heterocycles. The van der Waals surface area contributed by atoms with Crippen LogP contribution in [0.5, 0.6) is 0 Å². The molecule has 20 aromatic heterocycles. The largest absolute Gasteiger partial charge is 0.264 e. The van der Waals surface area contributed by atoms with Crippen LogP contribution < -0.4 is 0 Å². The number of aromatic nitrogens is 22. The molecule has 132 heavy (non-hydrogen) atoms. The van der Waals surface area contributed by atoms with Crippen molar-refractivity contribution >= 4 is 120 Å². The number of hydrogen-bond donors (Lipinski definition) is 0. The van der Waals surface area contributed by atoms with Crippen LogP contribution in [-0.2, 0) is 0 Å². The maximum absolute atomic E-state index is 4.14. The Morgan fingerprint density at radius 2 is 0.318 bits per heavy atom. The fourth-order valence-electron chi connectivity index (χ4n) is 10.1. The first-order valence-corrected chi connectivity index (χ1v) is 45.3. The molecule has 0 amide bonds. The van der Waals surface area contributed by atoms with Crippen molar-refractivity contribution in [2.24, 2.45) is 0 Å². The van der Waals surface area contributed by atoms with Gasteiger partial charge in [0.05, 0.1) is 67.6 Å². The van der Waals surface area contributed by atoms with Crippen LogP contribution in [0.2, 0.25) is 0 Å². The molecule has 0 N–H and O–H groups in total. The number of pyridine rings is 18. The Hall–Kier alpha value is -15.8. The Kier molecular flexibility index (Phi) is 68.0. The molecule has 0 atom stereocenters. The Bertz CT molecular complexity index is 4420. The van der Waals surface area contributed by atoms with Crippen LogP contribution in [0.15, 0.2) is 405 Å². The molecule has 22 rings (SSSR count). The second-order valence-electron chi connectivity index (χ2n) is 22.8. The Morgan fingerprint density at radius 3 is 0.636 bits per heavy atom. The highest BCUT2D eigenvalue weighted by atomic mass is 14.8. The molecule has 0 unspecified atom stereocenters. The number of rotatable bonds is 0. The van der Waals surface area contributed by atoms with Gasteiger partial charge in [0.25, 0.3) is 0 Å². The van der Waals surface area contributed by atoms with E-state index in [0.29, 0.717) is 0 Å². The van der Waals surface area contributed by atoms with Gasteiger partial charge >= 0.3 is 0 Å². The summed E-state index contributed by atoms with van der Waals surface area (Å²) >= 11 is 0. The van der Waals surface area contributed by atoms with Gasteiger partial charge in [0.15, 0.2) is 5.65 Å². The van der Waals surface area contributed by atoms with Crippen molar-refractivity contribution in [3.05, 3.63) is 405 Å². The summed E-state index contributed by atoms with van der Waals surface area (Å²) < 4.78 is 0. The van der Waals surface area contributed by atoms with Crippen LogP contribution in [0.25, 0.3) is 120 Å². The lowest BCUT2D eigenvalue weighted by atomic mass is 10.2. The summed E-state index contributed by atoms with van der Waals surface area (Å²) in [4.78, 5) is 89.0. The zero-order valence-corrected chi connectivity index (χ0v) is 80.9. The smallest absolute Gasteiger partial charge is 0.159 e. The maximum atomic E-state index is 4.14. The molecule has 0 bridgehead atoms. The van der Waals surface area contributed by atoms with Crippen molar-refractivity contribution in [1.82, 2.24) is 110 Å². The summed E-state index contributed by atoms with van der Waals surface area (Å²) in [5.74, 6) is 0. The summed E-state index contributed by atoms with van der Waals surface area (Å²) in [5, 5.41) is 12.3. The monoisotopic (exact) mass is 1760 g/mol. The van der Waals surface area contributed by atoms with Crippen LogP contribution in [0.1, 0.15) is 152 Å². The normalized spacial score (nSPS) is 8.83. The third kappa shape index (κ3) is 44.1. The molecule has 22 nitrogen and oxygen atoms in total. The van der Waals surface area contributed by atoms with Gasteiger partial charge in [-0.2, -0.15) is 0 Å². The van der Waals surface area contributed by atoms with Crippen molar-refractivity contribution in [2.45, 2.75) is 152 Å². The lowest BCUT2D eigenvalue weighted by Gasteiger charge is -1.91. The number of fused-ring (bicyclic) bond motifs is 11. The number of nitrogens with zero attached hydrogens (tertiary/aromatic N) is 22. The Labute approximate surface area is 781 Å². The summed E-state index contributed by atoms with van der Waals surface area (Å²) in [6.45, 7) is 44.0. The molecule has 0 spiro atoms. The molecule has 682 valence electrons. The van der Waals surface area contributed by atoms with Crippen LogP contribution in [-0.4, -0.2) is 110 Å². The number of hydrogen-bond acceptors (Lipinski definition) is 22. The van der Waals surface area contributed by atoms with Crippen molar-refractivity contribution in [1.29, 1.82) is 0 Å². The summed E-state index contributed by atoms with van der Waals surface area (Å²) in [6.07, 6.45) is 54.7. The molecular weight excluding hydrogens is 1630 g/mol. The first-order chi connectivity index (χ1) is 65.6. The van der Waals surface area contributed by atoms with Gasteiger partial charge in [0.1, 0.15) is 6.33 Å². The van der Waals surface area contributed by atoms with E-state index in [2.05, 4.69) is 110 Å². The zero-order valence-electron chi connectivity index (χ0n) is 80.9. The van der Waals surface area contributed by atoms with Gasteiger partial charge < -0.3 is 0 Å². The first-order valence-electron chi connectivity index (χ1n) is 45.3. The molecule has 0 saturated carbocycles. The van der Waals surface area contributed by atoms with E-state index in [4.69, 9.17) is 0 Å². The third-order valence-electron chi connectivity index (χ3n) is 15.4. The summed E-state index contributed by atoms with van der Waals surface area (Å²) in [7, 11) is 0. The average molecular weight is 1760 g/mol. The molecule has 0 aliphatic rings. The van der Waals surface area contributed by atoms with E-state index >= 15 is 0 Å². The van der Waals surface area contributed by atoms with Gasteiger partial charge in [0.2, 0.25) is 0 Å². The van der Waals surface area contributed by atoms with Crippen LogP contribution in [0.4, 0.5) is 0 Å². The van der Waals surface area contributed by atoms with E-state index in [1.807, 2.05) is 414 Å². The highest BCUT2D eigenvalue weighted by Crippen LogP contribution is 2.14. The van der Waals surface area contributed by atoms with Gasteiger partial charge in [-0.05, 0) is 175 Å². The van der Waals surface area contributed by atoms with E-state index in [9.17, 15) is 0 Å². The predicted molar refractivity (Wildman–Crippen MR) is 560 cm³/mol. The second kappa shape index (κ2) is 78.6. The molecule has 0 radical (unpaired) electrons. The molecule has 20 heterocycles. The van der Waals surface area contributed by atoms with Crippen molar-refractivity contribution in [3.8, 4) is 0 Å². The van der Waals surface area contributed by atoms with Gasteiger partial charge in [-0.1, -0.05) is 195 Å². The van der Waals surface area contributed by atoms with E-state index in [-0.39, 0.29) is 0 Å². The van der Waals surface area contributed by atoms with Gasteiger partial charge in [-0.25, -0.2) is 19.9 Å². The third-order valence-corrected chi connectivity index (χ3v) is 15.4. The number of benzene rings is 2. The lowest BCUT2D eigenvalue weighted by Crippen LogP contribution is -1.78. The minimum absolute atomic E-state index is 0.810. The fraction of sp³-hybridized carbons (Fsp3) is 0.200. The summed E-state index contributed by atoms with van der Waals surface area (Å²) in [6, 6.07) is 68.2. The molecule has 0 aliphatic heterocycles. The van der Waals surface area contributed by atoms with E-state index in [1.54, 1.807) is 143 Å². The molecule has 0 aliphatic carbocycles. The van der Waals surface area contributed by atoms with E-state index in [1.165, 1.54) is 5.39 Å². The molecular formula is C110H132N22. The van der Waals surface area contributed by atoms with Crippen molar-refractivity contribution in [2.75, 3.05) is 0 Å². The van der Waals surface area contributed by atoms with Crippen molar-refractivity contribution < 1.29 is 0 Å². The van der Waals surface area contributed by atoms with Crippen LogP contribution in [0.3, 0.4) is 0 Å². The molecule has 2 aromatic carbocycles. The lowest BCUT2D eigenvalue weighted by molar-refractivity contribution is 1.22. The standard InChI is InChI=1S/11C8H6N2.11C2H6/c1-3-9-6-8-2-4-10-5-7(1)8;1-3-9-5-8-6-10-4-2-7(1)8;1-3-7-8(9-5-1)4-2-6-10-7;1-3-7-4-2-6-10-8(7)9-5-1;3*1-2-7-6-9-5-3-8(7)10-4-1;2*1-2-7-3-5-9-6-8(7)10-4-1;1-2-4-8-7(3-1)5-9-6-10-8;1-2-4-8-7(3-1)9-5-6-10-8;11*1-2/h11*1-6H;11*1-2H3. The average Bonchev–Trinajstić information content (AvgIpc) is 0.961. The van der Waals surface area contributed by atoms with Gasteiger partial charge in [-0.15, -0.1) is 0 Å².